The molecule has 0 aliphatic heterocycles. The number of nitrogens with zero attached hydrogens (tertiary/aromatic N) is 4. The predicted molar refractivity (Wildman–Crippen MR) is 77.6 cm³/mol. The fourth-order valence-corrected chi connectivity index (χ4v) is 2.41. The third-order valence-corrected chi connectivity index (χ3v) is 3.73. The van der Waals surface area contributed by atoms with Gasteiger partial charge < -0.3 is 10.0 Å². The number of carboxylic acids is 1. The minimum absolute atomic E-state index is 0.0219. The topological polar surface area (TPSA) is 88.3 Å². The molecule has 0 radical (unpaired) electrons. The van der Waals surface area contributed by atoms with E-state index in [0.717, 1.165) is 12.8 Å². The normalized spacial score (nSPS) is 15.3. The van der Waals surface area contributed by atoms with Crippen molar-refractivity contribution in [1.82, 2.24) is 19.9 Å². The Hall–Kier alpha value is -2.70. The third kappa shape index (κ3) is 2.69. The SMILES string of the molecule is CC(C(=O)O)N(C(=O)c1cccc(-n2ccnn2)c1)C1CC1. The maximum Gasteiger partial charge on any atom is 0.326 e. The molecule has 7 nitrogen and oxygen atoms in total. The number of carboxylic acid groups (broad SMARTS) is 1. The highest BCUT2D eigenvalue weighted by Gasteiger charge is 2.38. The Kier molecular flexibility index (Phi) is 3.62. The van der Waals surface area contributed by atoms with E-state index in [-0.39, 0.29) is 11.9 Å². The van der Waals surface area contributed by atoms with E-state index >= 15 is 0 Å². The number of carbonyl (C=O) groups excluding carboxylic acids is 1. The first-order valence-corrected chi connectivity index (χ1v) is 7.10. The van der Waals surface area contributed by atoms with Crippen LogP contribution in [0.3, 0.4) is 0 Å². The van der Waals surface area contributed by atoms with Gasteiger partial charge in [0.25, 0.3) is 5.91 Å². The number of carbonyl (C=O) groups is 2. The molecule has 7 heteroatoms. The first kappa shape index (κ1) is 14.2. The minimum atomic E-state index is -0.993. The number of hydrogen-bond acceptors (Lipinski definition) is 4. The van der Waals surface area contributed by atoms with E-state index < -0.39 is 12.0 Å². The first-order chi connectivity index (χ1) is 10.6. The van der Waals surface area contributed by atoms with Gasteiger partial charge in [0.15, 0.2) is 0 Å². The van der Waals surface area contributed by atoms with Gasteiger partial charge in [-0.1, -0.05) is 11.3 Å². The lowest BCUT2D eigenvalue weighted by atomic mass is 10.1. The molecule has 1 aliphatic rings. The van der Waals surface area contributed by atoms with Crippen molar-refractivity contribution in [3.63, 3.8) is 0 Å². The van der Waals surface area contributed by atoms with Crippen molar-refractivity contribution >= 4 is 11.9 Å². The number of amides is 1. The van der Waals surface area contributed by atoms with Gasteiger partial charge in [-0.3, -0.25) is 4.79 Å². The van der Waals surface area contributed by atoms with Gasteiger partial charge in [-0.2, -0.15) is 0 Å². The molecule has 3 rings (SSSR count). The van der Waals surface area contributed by atoms with Crippen LogP contribution in [-0.2, 0) is 4.79 Å². The van der Waals surface area contributed by atoms with Gasteiger partial charge in [-0.05, 0) is 38.0 Å². The largest absolute Gasteiger partial charge is 0.480 e. The van der Waals surface area contributed by atoms with Crippen LogP contribution in [0.2, 0.25) is 0 Å². The van der Waals surface area contributed by atoms with Crippen LogP contribution in [-0.4, -0.2) is 49.0 Å². The van der Waals surface area contributed by atoms with Gasteiger partial charge in [-0.25, -0.2) is 9.48 Å². The molecular weight excluding hydrogens is 284 g/mol. The molecule has 0 spiro atoms. The van der Waals surface area contributed by atoms with E-state index in [1.807, 2.05) is 6.07 Å². The molecule has 1 saturated carbocycles. The van der Waals surface area contributed by atoms with Crippen LogP contribution >= 0.6 is 0 Å². The van der Waals surface area contributed by atoms with E-state index in [4.69, 9.17) is 0 Å². The van der Waals surface area contributed by atoms with Crippen molar-refractivity contribution < 1.29 is 14.7 Å². The smallest absolute Gasteiger partial charge is 0.326 e. The lowest BCUT2D eigenvalue weighted by Gasteiger charge is -2.26. The predicted octanol–water partition coefficient (Wildman–Crippen LogP) is 1.35. The van der Waals surface area contributed by atoms with Gasteiger partial charge in [-0.15, -0.1) is 5.10 Å². The number of rotatable bonds is 5. The molecule has 0 bridgehead atoms. The Morgan fingerprint density at radius 3 is 2.77 bits per heavy atom. The molecule has 114 valence electrons. The Labute approximate surface area is 127 Å². The summed E-state index contributed by atoms with van der Waals surface area (Å²) in [5.41, 5.74) is 1.16. The summed E-state index contributed by atoms with van der Waals surface area (Å²) in [5, 5.41) is 16.8. The molecule has 1 heterocycles. The highest BCUT2D eigenvalue weighted by molar-refractivity contribution is 5.97. The summed E-state index contributed by atoms with van der Waals surface area (Å²) in [7, 11) is 0. The maximum atomic E-state index is 12.7. The highest BCUT2D eigenvalue weighted by atomic mass is 16.4. The molecule has 1 unspecified atom stereocenters. The van der Waals surface area contributed by atoms with Gasteiger partial charge in [0.2, 0.25) is 0 Å². The number of hydrogen-bond donors (Lipinski definition) is 1. The van der Waals surface area contributed by atoms with E-state index in [0.29, 0.717) is 11.3 Å². The molecular formula is C15H16N4O3. The van der Waals surface area contributed by atoms with Gasteiger partial charge >= 0.3 is 5.97 Å². The molecule has 22 heavy (non-hydrogen) atoms. The quantitative estimate of drug-likeness (QED) is 0.900. The molecule has 1 aromatic carbocycles. The Morgan fingerprint density at radius 1 is 1.41 bits per heavy atom. The molecule has 1 fully saturated rings. The zero-order chi connectivity index (χ0) is 15.7. The summed E-state index contributed by atoms with van der Waals surface area (Å²) >= 11 is 0. The average Bonchev–Trinajstić information content (AvgIpc) is 3.19. The van der Waals surface area contributed by atoms with Crippen molar-refractivity contribution in [2.24, 2.45) is 0 Å². The Morgan fingerprint density at radius 2 is 2.18 bits per heavy atom. The van der Waals surface area contributed by atoms with Gasteiger partial charge in [0, 0.05) is 11.6 Å². The number of benzene rings is 1. The summed E-state index contributed by atoms with van der Waals surface area (Å²) < 4.78 is 1.55. The van der Waals surface area contributed by atoms with Gasteiger partial charge in [0.05, 0.1) is 18.1 Å². The highest BCUT2D eigenvalue weighted by Crippen LogP contribution is 2.30. The molecule has 1 atom stereocenters. The number of aliphatic carboxylic acids is 1. The zero-order valence-corrected chi connectivity index (χ0v) is 12.1. The summed E-state index contributed by atoms with van der Waals surface area (Å²) in [4.78, 5) is 25.4. The molecule has 2 aromatic rings. The van der Waals surface area contributed by atoms with E-state index in [1.54, 1.807) is 42.2 Å². The fraction of sp³-hybridized carbons (Fsp3) is 0.333. The average molecular weight is 300 g/mol. The van der Waals surface area contributed by atoms with Crippen LogP contribution in [0.1, 0.15) is 30.1 Å². The standard InChI is InChI=1S/C15H16N4O3/c1-10(15(21)22)19(12-5-6-12)14(20)11-3-2-4-13(9-11)18-8-7-16-17-18/h2-4,7-10,12H,5-6H2,1H3,(H,21,22). The van der Waals surface area contributed by atoms with Crippen molar-refractivity contribution in [2.75, 3.05) is 0 Å². The van der Waals surface area contributed by atoms with Crippen LogP contribution in [0.5, 0.6) is 0 Å². The van der Waals surface area contributed by atoms with Crippen LogP contribution in [0.15, 0.2) is 36.7 Å². The summed E-state index contributed by atoms with van der Waals surface area (Å²) in [6.07, 6.45) is 4.94. The van der Waals surface area contributed by atoms with Crippen molar-refractivity contribution in [1.29, 1.82) is 0 Å². The van der Waals surface area contributed by atoms with Crippen LogP contribution < -0.4 is 0 Å². The van der Waals surface area contributed by atoms with Crippen molar-refractivity contribution in [3.05, 3.63) is 42.2 Å². The first-order valence-electron chi connectivity index (χ1n) is 7.10. The molecule has 0 saturated heterocycles. The van der Waals surface area contributed by atoms with Crippen LogP contribution in [0.25, 0.3) is 5.69 Å². The van der Waals surface area contributed by atoms with E-state index in [2.05, 4.69) is 10.3 Å². The molecule has 1 N–H and O–H groups in total. The monoisotopic (exact) mass is 300 g/mol. The van der Waals surface area contributed by atoms with Gasteiger partial charge in [0.1, 0.15) is 6.04 Å². The Balaban J connectivity index is 1.90. The second-order valence-electron chi connectivity index (χ2n) is 5.36. The fourth-order valence-electron chi connectivity index (χ4n) is 2.41. The maximum absolute atomic E-state index is 12.7. The third-order valence-electron chi connectivity index (χ3n) is 3.73. The molecule has 1 aromatic heterocycles. The molecule has 1 aliphatic carbocycles. The van der Waals surface area contributed by atoms with Crippen molar-refractivity contribution in [2.45, 2.75) is 31.8 Å². The van der Waals surface area contributed by atoms with Crippen molar-refractivity contribution in [3.8, 4) is 5.69 Å². The van der Waals surface area contributed by atoms with Crippen LogP contribution in [0.4, 0.5) is 0 Å². The van der Waals surface area contributed by atoms with E-state index in [9.17, 15) is 14.7 Å². The minimum Gasteiger partial charge on any atom is -0.480 e. The second-order valence-corrected chi connectivity index (χ2v) is 5.36. The number of aromatic nitrogens is 3. The Bertz CT molecular complexity index is 695. The summed E-state index contributed by atoms with van der Waals surface area (Å²) in [6.45, 7) is 1.54. The lowest BCUT2D eigenvalue weighted by molar-refractivity contribution is -0.141. The summed E-state index contributed by atoms with van der Waals surface area (Å²) in [5.74, 6) is -1.26. The zero-order valence-electron chi connectivity index (χ0n) is 12.1. The van der Waals surface area contributed by atoms with Crippen LogP contribution in [0, 0.1) is 0 Å². The van der Waals surface area contributed by atoms with E-state index in [1.165, 1.54) is 4.90 Å². The summed E-state index contributed by atoms with van der Waals surface area (Å²) in [6, 6.07) is 6.13. The molecule has 1 amide bonds. The second kappa shape index (κ2) is 5.59. The lowest BCUT2D eigenvalue weighted by Crippen LogP contribution is -2.44.